The van der Waals surface area contributed by atoms with Gasteiger partial charge in [-0.2, -0.15) is 0 Å². The minimum atomic E-state index is -0.310. The van der Waals surface area contributed by atoms with Gasteiger partial charge in [0.2, 0.25) is 0 Å². The highest BCUT2D eigenvalue weighted by atomic mass is 19.1. The van der Waals surface area contributed by atoms with Crippen LogP contribution in [0.5, 0.6) is 0 Å². The Morgan fingerprint density at radius 1 is 1.14 bits per heavy atom. The number of hydrogen-bond donors (Lipinski definition) is 0. The number of halogens is 1. The molecule has 1 aliphatic rings. The van der Waals surface area contributed by atoms with Crippen molar-refractivity contribution in [3.05, 3.63) is 71.5 Å². The Hall–Kier alpha value is -2.36. The van der Waals surface area contributed by atoms with E-state index in [0.29, 0.717) is 6.54 Å². The van der Waals surface area contributed by atoms with Crippen LogP contribution in [0.25, 0.3) is 0 Å². The zero-order valence-corrected chi connectivity index (χ0v) is 12.2. The number of ether oxygens (including phenoxy) is 1. The Balaban J connectivity index is 1.65. The van der Waals surface area contributed by atoms with Crippen molar-refractivity contribution in [2.75, 3.05) is 6.54 Å². The molecular weight excluding hydrogens is 281 g/mol. The lowest BCUT2D eigenvalue weighted by Gasteiger charge is -2.24. The van der Waals surface area contributed by atoms with Crippen molar-refractivity contribution >= 4 is 6.09 Å². The lowest BCUT2D eigenvalue weighted by Crippen LogP contribution is -2.31. The number of carbonyl (C=O) groups excluding carboxylic acids is 1. The normalized spacial score (nSPS) is 17.5. The number of benzene rings is 2. The van der Waals surface area contributed by atoms with Gasteiger partial charge in [-0.1, -0.05) is 42.5 Å². The van der Waals surface area contributed by atoms with Crippen molar-refractivity contribution in [1.82, 2.24) is 4.90 Å². The Morgan fingerprint density at radius 3 is 2.59 bits per heavy atom. The largest absolute Gasteiger partial charge is 0.445 e. The summed E-state index contributed by atoms with van der Waals surface area (Å²) in [5.74, 6) is -0.264. The van der Waals surface area contributed by atoms with Gasteiger partial charge in [-0.05, 0) is 36.1 Å². The second kappa shape index (κ2) is 6.60. The van der Waals surface area contributed by atoms with Crippen LogP contribution in [0.4, 0.5) is 9.18 Å². The highest BCUT2D eigenvalue weighted by Crippen LogP contribution is 2.32. The molecule has 1 atom stereocenters. The zero-order chi connectivity index (χ0) is 15.4. The fourth-order valence-electron chi connectivity index (χ4n) is 2.82. The van der Waals surface area contributed by atoms with Crippen LogP contribution < -0.4 is 0 Å². The summed E-state index contributed by atoms with van der Waals surface area (Å²) in [5, 5.41) is 0. The molecule has 1 aliphatic heterocycles. The summed E-state index contributed by atoms with van der Waals surface area (Å²) in [4.78, 5) is 14.0. The molecule has 0 aromatic heterocycles. The molecule has 1 heterocycles. The molecule has 1 unspecified atom stereocenters. The maximum atomic E-state index is 13.0. The average Bonchev–Trinajstić information content (AvgIpc) is 3.04. The van der Waals surface area contributed by atoms with Gasteiger partial charge in [0.1, 0.15) is 12.4 Å². The lowest BCUT2D eigenvalue weighted by atomic mass is 10.0. The molecule has 2 aromatic rings. The van der Waals surface area contributed by atoms with E-state index in [0.717, 1.165) is 24.0 Å². The number of rotatable bonds is 3. The van der Waals surface area contributed by atoms with E-state index < -0.39 is 0 Å². The smallest absolute Gasteiger partial charge is 0.410 e. The average molecular weight is 299 g/mol. The summed E-state index contributed by atoms with van der Waals surface area (Å²) in [5.41, 5.74) is 1.92. The van der Waals surface area contributed by atoms with Crippen molar-refractivity contribution in [3.63, 3.8) is 0 Å². The second-order valence-electron chi connectivity index (χ2n) is 5.44. The first-order valence-electron chi connectivity index (χ1n) is 7.47. The van der Waals surface area contributed by atoms with Crippen molar-refractivity contribution < 1.29 is 13.9 Å². The topological polar surface area (TPSA) is 29.5 Å². The predicted molar refractivity (Wildman–Crippen MR) is 81.7 cm³/mol. The molecular formula is C18H18FNO2. The van der Waals surface area contributed by atoms with Gasteiger partial charge in [-0.25, -0.2) is 9.18 Å². The van der Waals surface area contributed by atoms with Crippen LogP contribution in [-0.2, 0) is 11.3 Å². The SMILES string of the molecule is O=C(OCc1ccccc1)N1CCCC1c1ccc(F)cc1. The van der Waals surface area contributed by atoms with Crippen LogP contribution in [0.1, 0.15) is 30.0 Å². The quantitative estimate of drug-likeness (QED) is 0.845. The Kier molecular flexibility index (Phi) is 4.37. The van der Waals surface area contributed by atoms with E-state index in [-0.39, 0.29) is 24.6 Å². The maximum Gasteiger partial charge on any atom is 0.410 e. The first kappa shape index (κ1) is 14.6. The van der Waals surface area contributed by atoms with Gasteiger partial charge in [0.25, 0.3) is 0 Å². The number of nitrogens with zero attached hydrogens (tertiary/aromatic N) is 1. The third kappa shape index (κ3) is 3.27. The van der Waals surface area contributed by atoms with Crippen LogP contribution in [0.15, 0.2) is 54.6 Å². The number of amides is 1. The molecule has 114 valence electrons. The Labute approximate surface area is 129 Å². The fourth-order valence-corrected chi connectivity index (χ4v) is 2.82. The molecule has 0 N–H and O–H groups in total. The third-order valence-electron chi connectivity index (χ3n) is 3.95. The summed E-state index contributed by atoms with van der Waals surface area (Å²) in [6.45, 7) is 0.946. The van der Waals surface area contributed by atoms with E-state index in [1.165, 1.54) is 12.1 Å². The van der Waals surface area contributed by atoms with Gasteiger partial charge in [-0.3, -0.25) is 0 Å². The van der Waals surface area contributed by atoms with E-state index in [9.17, 15) is 9.18 Å². The molecule has 1 saturated heterocycles. The van der Waals surface area contributed by atoms with E-state index in [1.807, 2.05) is 30.3 Å². The summed E-state index contributed by atoms with van der Waals surface area (Å²) in [6.07, 6.45) is 1.50. The van der Waals surface area contributed by atoms with Crippen molar-refractivity contribution in [1.29, 1.82) is 0 Å². The van der Waals surface area contributed by atoms with E-state index in [1.54, 1.807) is 17.0 Å². The molecule has 0 radical (unpaired) electrons. The summed E-state index contributed by atoms with van der Waals surface area (Å²) < 4.78 is 18.4. The van der Waals surface area contributed by atoms with Crippen molar-refractivity contribution in [3.8, 4) is 0 Å². The molecule has 3 rings (SSSR count). The minimum Gasteiger partial charge on any atom is -0.445 e. The van der Waals surface area contributed by atoms with E-state index in [4.69, 9.17) is 4.74 Å². The molecule has 2 aromatic carbocycles. The molecule has 0 aliphatic carbocycles. The lowest BCUT2D eigenvalue weighted by molar-refractivity contribution is 0.0920. The summed E-state index contributed by atoms with van der Waals surface area (Å²) in [6, 6.07) is 15.9. The van der Waals surface area contributed by atoms with Crippen LogP contribution in [-0.4, -0.2) is 17.5 Å². The van der Waals surface area contributed by atoms with Gasteiger partial charge in [0.15, 0.2) is 0 Å². The third-order valence-corrected chi connectivity index (χ3v) is 3.95. The molecule has 1 amide bonds. The highest BCUT2D eigenvalue weighted by molar-refractivity contribution is 5.68. The van der Waals surface area contributed by atoms with Gasteiger partial charge < -0.3 is 9.64 Å². The van der Waals surface area contributed by atoms with Crippen LogP contribution in [0, 0.1) is 5.82 Å². The van der Waals surface area contributed by atoms with Crippen molar-refractivity contribution in [2.24, 2.45) is 0 Å². The van der Waals surface area contributed by atoms with Crippen LogP contribution >= 0.6 is 0 Å². The summed E-state index contributed by atoms with van der Waals surface area (Å²) in [7, 11) is 0. The number of hydrogen-bond acceptors (Lipinski definition) is 2. The standard InChI is InChI=1S/C18H18FNO2/c19-16-10-8-15(9-11-16)17-7-4-12-20(17)18(21)22-13-14-5-2-1-3-6-14/h1-3,5-6,8-11,17H,4,7,12-13H2. The maximum absolute atomic E-state index is 13.0. The van der Waals surface area contributed by atoms with Crippen LogP contribution in [0.3, 0.4) is 0 Å². The Bertz CT molecular complexity index is 627. The second-order valence-corrected chi connectivity index (χ2v) is 5.44. The first-order valence-corrected chi connectivity index (χ1v) is 7.47. The van der Waals surface area contributed by atoms with Gasteiger partial charge >= 0.3 is 6.09 Å². The molecule has 0 spiro atoms. The molecule has 3 nitrogen and oxygen atoms in total. The molecule has 0 saturated carbocycles. The highest BCUT2D eigenvalue weighted by Gasteiger charge is 2.31. The van der Waals surface area contributed by atoms with E-state index >= 15 is 0 Å². The molecule has 4 heteroatoms. The number of carbonyl (C=O) groups is 1. The van der Waals surface area contributed by atoms with Crippen molar-refractivity contribution in [2.45, 2.75) is 25.5 Å². The molecule has 0 bridgehead atoms. The first-order chi connectivity index (χ1) is 10.7. The minimum absolute atomic E-state index is 0.0242. The summed E-state index contributed by atoms with van der Waals surface area (Å²) >= 11 is 0. The number of likely N-dealkylation sites (tertiary alicyclic amines) is 1. The van der Waals surface area contributed by atoms with Gasteiger partial charge in [0, 0.05) is 6.54 Å². The zero-order valence-electron chi connectivity index (χ0n) is 12.2. The van der Waals surface area contributed by atoms with Crippen LogP contribution in [0.2, 0.25) is 0 Å². The predicted octanol–water partition coefficient (Wildman–Crippen LogP) is 4.30. The fraction of sp³-hybridized carbons (Fsp3) is 0.278. The Morgan fingerprint density at radius 2 is 1.86 bits per heavy atom. The van der Waals surface area contributed by atoms with E-state index in [2.05, 4.69) is 0 Å². The molecule has 1 fully saturated rings. The van der Waals surface area contributed by atoms with Gasteiger partial charge in [-0.15, -0.1) is 0 Å². The van der Waals surface area contributed by atoms with Gasteiger partial charge in [0.05, 0.1) is 6.04 Å². The molecule has 22 heavy (non-hydrogen) atoms. The monoisotopic (exact) mass is 299 g/mol.